The fourth-order valence-corrected chi connectivity index (χ4v) is 6.73. The van der Waals surface area contributed by atoms with Crippen molar-refractivity contribution in [1.82, 2.24) is 0 Å². The van der Waals surface area contributed by atoms with Crippen LogP contribution in [0.25, 0.3) is 0 Å². The third kappa shape index (κ3) is 5.41. The number of hydrogen-bond acceptors (Lipinski definition) is 5. The van der Waals surface area contributed by atoms with E-state index in [0.717, 1.165) is 49.4 Å². The Morgan fingerprint density at radius 2 is 1.80 bits per heavy atom. The second kappa shape index (κ2) is 11.0. The van der Waals surface area contributed by atoms with Gasteiger partial charge in [0.05, 0.1) is 23.2 Å². The van der Waals surface area contributed by atoms with E-state index >= 15 is 0 Å². The number of nitriles is 1. The highest BCUT2D eigenvalue weighted by Gasteiger charge is 2.45. The molecule has 1 aliphatic carbocycles. The van der Waals surface area contributed by atoms with Gasteiger partial charge in [0.2, 0.25) is 0 Å². The number of carbonyl (C=O) groups is 1. The quantitative estimate of drug-likeness (QED) is 0.306. The highest BCUT2D eigenvalue weighted by Crippen LogP contribution is 2.51. The number of anilines is 1. The standard InChI is InChI=1S/C34H33BrClN3O2/c1-19-12-20(2)24(14-22(19)18-41-30-11-10-23(36)13-21(30)3)31-25(17-37)33(38)39(27-9-7-6-8-26(27)35)28-15-34(4,5)16-29(40)32(28)31/h6-14,31H,15-16,18,38H2,1-5H3. The van der Waals surface area contributed by atoms with E-state index in [9.17, 15) is 10.1 Å². The average Bonchev–Trinajstić information content (AvgIpc) is 2.89. The van der Waals surface area contributed by atoms with Gasteiger partial charge in [-0.05, 0) is 107 Å². The van der Waals surface area contributed by atoms with E-state index < -0.39 is 5.92 Å². The molecule has 210 valence electrons. The predicted molar refractivity (Wildman–Crippen MR) is 168 cm³/mol. The summed E-state index contributed by atoms with van der Waals surface area (Å²) in [6.45, 7) is 10.6. The fourth-order valence-electron chi connectivity index (χ4n) is 6.04. The zero-order chi connectivity index (χ0) is 29.6. The lowest BCUT2D eigenvalue weighted by Crippen LogP contribution is -2.42. The molecule has 3 aromatic carbocycles. The zero-order valence-electron chi connectivity index (χ0n) is 23.9. The number of halogens is 2. The number of ketones is 1. The summed E-state index contributed by atoms with van der Waals surface area (Å²) < 4.78 is 7.04. The monoisotopic (exact) mass is 629 g/mol. The maximum absolute atomic E-state index is 14.0. The summed E-state index contributed by atoms with van der Waals surface area (Å²) in [5.41, 5.74) is 14.2. The summed E-state index contributed by atoms with van der Waals surface area (Å²) in [4.78, 5) is 15.9. The lowest BCUT2D eigenvalue weighted by Gasteiger charge is -2.44. The van der Waals surface area contributed by atoms with E-state index in [0.29, 0.717) is 41.4 Å². The fraction of sp³-hybridized carbons (Fsp3) is 0.294. The molecule has 0 aromatic heterocycles. The van der Waals surface area contributed by atoms with Crippen LogP contribution in [-0.4, -0.2) is 5.78 Å². The number of nitrogens with zero attached hydrogens (tertiary/aromatic N) is 2. The van der Waals surface area contributed by atoms with Crippen molar-refractivity contribution in [2.45, 2.75) is 60.0 Å². The molecule has 1 atom stereocenters. The Morgan fingerprint density at radius 3 is 2.49 bits per heavy atom. The lowest BCUT2D eigenvalue weighted by molar-refractivity contribution is -0.118. The normalized spacial score (nSPS) is 18.3. The molecule has 7 heteroatoms. The molecular weight excluding hydrogens is 598 g/mol. The topological polar surface area (TPSA) is 79.4 Å². The van der Waals surface area contributed by atoms with Crippen molar-refractivity contribution in [3.8, 4) is 11.8 Å². The van der Waals surface area contributed by atoms with Crippen LogP contribution in [0.3, 0.4) is 0 Å². The Balaban J connectivity index is 1.66. The number of rotatable bonds is 5. The molecule has 1 unspecified atom stereocenters. The molecule has 0 saturated carbocycles. The molecule has 5 rings (SSSR count). The molecule has 0 radical (unpaired) electrons. The van der Waals surface area contributed by atoms with E-state index in [4.69, 9.17) is 22.1 Å². The number of allylic oxidation sites excluding steroid dienone is 3. The Bertz CT molecular complexity index is 1680. The van der Waals surface area contributed by atoms with Crippen molar-refractivity contribution in [2.24, 2.45) is 11.1 Å². The van der Waals surface area contributed by atoms with Crippen molar-refractivity contribution in [1.29, 1.82) is 5.26 Å². The third-order valence-electron chi connectivity index (χ3n) is 8.03. The Labute approximate surface area is 255 Å². The second-order valence-corrected chi connectivity index (χ2v) is 13.1. The van der Waals surface area contributed by atoms with E-state index in [1.54, 1.807) is 0 Å². The molecule has 0 bridgehead atoms. The van der Waals surface area contributed by atoms with Crippen molar-refractivity contribution in [3.05, 3.63) is 115 Å². The zero-order valence-corrected chi connectivity index (χ0v) is 26.3. The molecule has 41 heavy (non-hydrogen) atoms. The van der Waals surface area contributed by atoms with Crippen LogP contribution in [0.5, 0.6) is 5.75 Å². The highest BCUT2D eigenvalue weighted by atomic mass is 79.9. The summed E-state index contributed by atoms with van der Waals surface area (Å²) in [6.07, 6.45) is 1.06. The molecule has 2 aliphatic rings. The maximum Gasteiger partial charge on any atom is 0.162 e. The largest absolute Gasteiger partial charge is 0.489 e. The highest BCUT2D eigenvalue weighted by molar-refractivity contribution is 9.10. The summed E-state index contributed by atoms with van der Waals surface area (Å²) >= 11 is 9.80. The smallest absolute Gasteiger partial charge is 0.162 e. The number of aryl methyl sites for hydroxylation is 3. The van der Waals surface area contributed by atoms with Gasteiger partial charge in [-0.25, -0.2) is 0 Å². The van der Waals surface area contributed by atoms with E-state index in [2.05, 4.69) is 48.0 Å². The van der Waals surface area contributed by atoms with Crippen molar-refractivity contribution >= 4 is 39.0 Å². The van der Waals surface area contributed by atoms with Gasteiger partial charge in [-0.2, -0.15) is 5.26 Å². The van der Waals surface area contributed by atoms with Gasteiger partial charge >= 0.3 is 0 Å². The van der Waals surface area contributed by atoms with Crippen LogP contribution in [0, 0.1) is 37.5 Å². The van der Waals surface area contributed by atoms with Crippen LogP contribution in [-0.2, 0) is 11.4 Å². The summed E-state index contributed by atoms with van der Waals surface area (Å²) in [6, 6.07) is 19.9. The van der Waals surface area contributed by atoms with Crippen LogP contribution in [0.1, 0.15) is 60.4 Å². The Hall–Kier alpha value is -3.53. The third-order valence-corrected chi connectivity index (χ3v) is 8.94. The first-order valence-electron chi connectivity index (χ1n) is 13.6. The minimum atomic E-state index is -0.561. The number of Topliss-reactive ketones (excluding diaryl/α,β-unsaturated/α-hetero) is 1. The molecule has 0 spiro atoms. The van der Waals surface area contributed by atoms with Crippen LogP contribution in [0.4, 0.5) is 5.69 Å². The first kappa shape index (κ1) is 29.0. The number of para-hydroxylation sites is 1. The molecule has 0 fully saturated rings. The van der Waals surface area contributed by atoms with Crippen LogP contribution < -0.4 is 15.4 Å². The molecule has 1 heterocycles. The minimum absolute atomic E-state index is 0.0492. The first-order chi connectivity index (χ1) is 19.4. The predicted octanol–water partition coefficient (Wildman–Crippen LogP) is 8.55. The number of carbonyl (C=O) groups excluding carboxylic acids is 1. The lowest BCUT2D eigenvalue weighted by atomic mass is 9.68. The number of ether oxygens (including phenoxy) is 1. The number of nitrogens with two attached hydrogens (primary N) is 1. The SMILES string of the molecule is Cc1cc(C)c(C2C(C#N)=C(N)N(c3ccccc3Br)C3=C2C(=O)CC(C)(C)C3)cc1COc1ccc(Cl)cc1C. The summed E-state index contributed by atoms with van der Waals surface area (Å²) in [5.74, 6) is 0.597. The Kier molecular flexibility index (Phi) is 7.80. The average molecular weight is 631 g/mol. The molecule has 2 N–H and O–H groups in total. The van der Waals surface area contributed by atoms with Gasteiger partial charge in [0, 0.05) is 27.2 Å². The van der Waals surface area contributed by atoms with Gasteiger partial charge in [0.1, 0.15) is 18.2 Å². The molecule has 5 nitrogen and oxygen atoms in total. The Morgan fingerprint density at radius 1 is 1.07 bits per heavy atom. The molecule has 1 aliphatic heterocycles. The van der Waals surface area contributed by atoms with Gasteiger partial charge in [0.15, 0.2) is 5.78 Å². The molecular formula is C34H33BrClN3O2. The van der Waals surface area contributed by atoms with Crippen LogP contribution in [0.15, 0.2) is 81.7 Å². The van der Waals surface area contributed by atoms with Gasteiger partial charge in [-0.15, -0.1) is 0 Å². The van der Waals surface area contributed by atoms with Crippen molar-refractivity contribution in [3.63, 3.8) is 0 Å². The first-order valence-corrected chi connectivity index (χ1v) is 14.8. The van der Waals surface area contributed by atoms with Gasteiger partial charge in [-0.1, -0.05) is 49.7 Å². The van der Waals surface area contributed by atoms with Crippen molar-refractivity contribution < 1.29 is 9.53 Å². The van der Waals surface area contributed by atoms with E-state index in [1.807, 2.05) is 68.1 Å². The van der Waals surface area contributed by atoms with Gasteiger partial charge in [0.25, 0.3) is 0 Å². The van der Waals surface area contributed by atoms with Crippen LogP contribution >= 0.6 is 27.5 Å². The van der Waals surface area contributed by atoms with Gasteiger partial charge in [-0.3, -0.25) is 9.69 Å². The van der Waals surface area contributed by atoms with Crippen LogP contribution in [0.2, 0.25) is 5.02 Å². The maximum atomic E-state index is 14.0. The molecule has 0 amide bonds. The molecule has 0 saturated heterocycles. The van der Waals surface area contributed by atoms with Crippen molar-refractivity contribution in [2.75, 3.05) is 4.90 Å². The second-order valence-electron chi connectivity index (χ2n) is 11.8. The number of benzene rings is 3. The minimum Gasteiger partial charge on any atom is -0.489 e. The number of hydrogen-bond donors (Lipinski definition) is 1. The summed E-state index contributed by atoms with van der Waals surface area (Å²) in [7, 11) is 0. The van der Waals surface area contributed by atoms with E-state index in [1.165, 1.54) is 0 Å². The molecule has 3 aromatic rings. The van der Waals surface area contributed by atoms with E-state index in [-0.39, 0.29) is 11.2 Å². The van der Waals surface area contributed by atoms with Gasteiger partial charge < -0.3 is 10.5 Å². The summed E-state index contributed by atoms with van der Waals surface area (Å²) in [5, 5.41) is 11.2.